The largest absolute Gasteiger partial charge is 0.204 e. The molecule has 1 aromatic heterocycles. The van der Waals surface area contributed by atoms with Gasteiger partial charge in [0.1, 0.15) is 0 Å². The number of nitriles is 1. The Kier molecular flexibility index (Phi) is 3.44. The lowest BCUT2D eigenvalue weighted by atomic mass is 10.1. The number of rotatable bonds is 3. The predicted octanol–water partition coefficient (Wildman–Crippen LogP) is 2.57. The molecule has 0 amide bonds. The number of benzene rings is 2. The summed E-state index contributed by atoms with van der Waals surface area (Å²) in [7, 11) is 0. The predicted molar refractivity (Wildman–Crippen MR) is 78.2 cm³/mol. The Morgan fingerprint density at radius 3 is 2.62 bits per heavy atom. The number of nitrogens with zero attached hydrogens (tertiary/aromatic N) is 5. The second-order valence-corrected chi connectivity index (χ2v) is 4.78. The maximum atomic E-state index is 9.09. The Balaban J connectivity index is 1.86. The van der Waals surface area contributed by atoms with Gasteiger partial charge in [-0.2, -0.15) is 10.1 Å². The van der Waals surface area contributed by atoms with E-state index in [1.807, 2.05) is 49.4 Å². The molecule has 3 rings (SSSR count). The Hall–Kier alpha value is -3.00. The molecule has 5 heteroatoms. The van der Waals surface area contributed by atoms with Gasteiger partial charge in [0.05, 0.1) is 18.2 Å². The monoisotopic (exact) mass is 275 g/mol. The normalized spacial score (nSPS) is 10.3. The maximum absolute atomic E-state index is 9.09. The first kappa shape index (κ1) is 13.0. The third-order valence-electron chi connectivity index (χ3n) is 3.21. The van der Waals surface area contributed by atoms with Crippen LogP contribution in [0, 0.1) is 18.3 Å². The number of hydrogen-bond acceptors (Lipinski definition) is 4. The van der Waals surface area contributed by atoms with Gasteiger partial charge in [0, 0.05) is 5.56 Å². The Morgan fingerprint density at radius 2 is 1.86 bits per heavy atom. The fourth-order valence-corrected chi connectivity index (χ4v) is 2.05. The highest BCUT2D eigenvalue weighted by atomic mass is 15.6. The van der Waals surface area contributed by atoms with E-state index < -0.39 is 0 Å². The molecule has 21 heavy (non-hydrogen) atoms. The highest BCUT2D eigenvalue weighted by molar-refractivity contribution is 5.54. The summed E-state index contributed by atoms with van der Waals surface area (Å²) in [6.07, 6.45) is 0. The molecule has 0 aliphatic heterocycles. The van der Waals surface area contributed by atoms with Crippen molar-refractivity contribution in [2.45, 2.75) is 13.5 Å². The summed E-state index contributed by atoms with van der Waals surface area (Å²) in [5.41, 5.74) is 3.63. The fraction of sp³-hybridized carbons (Fsp3) is 0.125. The van der Waals surface area contributed by atoms with Crippen molar-refractivity contribution in [3.05, 3.63) is 65.2 Å². The summed E-state index contributed by atoms with van der Waals surface area (Å²) in [6.45, 7) is 2.47. The van der Waals surface area contributed by atoms with Gasteiger partial charge < -0.3 is 0 Å². The van der Waals surface area contributed by atoms with Gasteiger partial charge in [-0.1, -0.05) is 48.0 Å². The van der Waals surface area contributed by atoms with Crippen molar-refractivity contribution in [2.24, 2.45) is 0 Å². The highest BCUT2D eigenvalue weighted by Crippen LogP contribution is 2.15. The summed E-state index contributed by atoms with van der Waals surface area (Å²) in [5.74, 6) is 0.587. The van der Waals surface area contributed by atoms with Crippen LogP contribution in [-0.2, 0) is 6.54 Å². The van der Waals surface area contributed by atoms with Gasteiger partial charge in [-0.3, -0.25) is 0 Å². The van der Waals surface area contributed by atoms with Crippen molar-refractivity contribution in [1.29, 1.82) is 5.26 Å². The van der Waals surface area contributed by atoms with Gasteiger partial charge in [-0.15, -0.1) is 10.2 Å². The molecule has 0 aliphatic carbocycles. The Morgan fingerprint density at radius 1 is 1.10 bits per heavy atom. The molecule has 0 spiro atoms. The minimum Gasteiger partial charge on any atom is -0.192 e. The third kappa shape index (κ3) is 2.79. The molecule has 0 saturated heterocycles. The van der Waals surface area contributed by atoms with Crippen LogP contribution in [0.2, 0.25) is 0 Å². The molecule has 3 aromatic rings. The minimum atomic E-state index is 0.433. The quantitative estimate of drug-likeness (QED) is 0.736. The summed E-state index contributed by atoms with van der Waals surface area (Å²) in [5, 5.41) is 21.6. The first-order chi connectivity index (χ1) is 10.3. The van der Waals surface area contributed by atoms with Crippen molar-refractivity contribution in [3.8, 4) is 17.5 Å². The van der Waals surface area contributed by atoms with Crippen LogP contribution < -0.4 is 0 Å². The average Bonchev–Trinajstić information content (AvgIpc) is 2.97. The van der Waals surface area contributed by atoms with Crippen LogP contribution in [-0.4, -0.2) is 20.2 Å². The maximum Gasteiger partial charge on any atom is 0.204 e. The average molecular weight is 275 g/mol. The van der Waals surface area contributed by atoms with E-state index in [0.717, 1.165) is 11.1 Å². The van der Waals surface area contributed by atoms with Crippen molar-refractivity contribution in [2.75, 3.05) is 0 Å². The lowest BCUT2D eigenvalue weighted by molar-refractivity contribution is 0.572. The van der Waals surface area contributed by atoms with Crippen LogP contribution in [0.4, 0.5) is 0 Å². The smallest absolute Gasteiger partial charge is 0.192 e. The van der Waals surface area contributed by atoms with E-state index in [9.17, 15) is 0 Å². The topological polar surface area (TPSA) is 67.4 Å². The summed E-state index contributed by atoms with van der Waals surface area (Å²) >= 11 is 0. The molecule has 0 saturated carbocycles. The van der Waals surface area contributed by atoms with E-state index in [1.165, 1.54) is 10.4 Å². The molecule has 1 heterocycles. The van der Waals surface area contributed by atoms with Gasteiger partial charge in [0.25, 0.3) is 0 Å². The molecule has 0 bridgehead atoms. The molecule has 102 valence electrons. The SMILES string of the molecule is Cc1ccc(-c2nnn(Cc3ccccc3C#N)n2)cc1. The zero-order valence-corrected chi connectivity index (χ0v) is 11.6. The second kappa shape index (κ2) is 5.55. The van der Waals surface area contributed by atoms with E-state index in [1.54, 1.807) is 6.07 Å². The first-order valence-corrected chi connectivity index (χ1v) is 6.59. The van der Waals surface area contributed by atoms with Gasteiger partial charge >= 0.3 is 0 Å². The van der Waals surface area contributed by atoms with Crippen LogP contribution in [0.1, 0.15) is 16.7 Å². The fourth-order valence-electron chi connectivity index (χ4n) is 2.05. The standard InChI is InChI=1S/C16H13N5/c1-12-6-8-13(9-7-12)16-18-20-21(19-16)11-15-5-3-2-4-14(15)10-17/h2-9H,11H2,1H3. The van der Waals surface area contributed by atoms with Gasteiger partial charge in [-0.25, -0.2) is 0 Å². The van der Waals surface area contributed by atoms with Crippen LogP contribution in [0.5, 0.6) is 0 Å². The lowest BCUT2D eigenvalue weighted by Crippen LogP contribution is -2.05. The number of aromatic nitrogens is 4. The summed E-state index contributed by atoms with van der Waals surface area (Å²) in [6, 6.07) is 17.6. The highest BCUT2D eigenvalue weighted by Gasteiger charge is 2.08. The van der Waals surface area contributed by atoms with E-state index in [2.05, 4.69) is 21.5 Å². The molecule has 0 radical (unpaired) electrons. The molecular formula is C16H13N5. The van der Waals surface area contributed by atoms with Crippen LogP contribution in [0.3, 0.4) is 0 Å². The van der Waals surface area contributed by atoms with E-state index in [0.29, 0.717) is 17.9 Å². The molecule has 0 N–H and O–H groups in total. The number of tetrazole rings is 1. The van der Waals surface area contributed by atoms with Crippen LogP contribution in [0.25, 0.3) is 11.4 Å². The Bertz CT molecular complexity index is 796. The number of hydrogen-bond donors (Lipinski definition) is 0. The van der Waals surface area contributed by atoms with Crippen molar-refractivity contribution >= 4 is 0 Å². The number of aryl methyl sites for hydroxylation is 1. The first-order valence-electron chi connectivity index (χ1n) is 6.59. The molecule has 0 atom stereocenters. The lowest BCUT2D eigenvalue weighted by Gasteiger charge is -2.01. The zero-order chi connectivity index (χ0) is 14.7. The van der Waals surface area contributed by atoms with Crippen molar-refractivity contribution in [3.63, 3.8) is 0 Å². The van der Waals surface area contributed by atoms with E-state index in [-0.39, 0.29) is 0 Å². The molecule has 0 unspecified atom stereocenters. The van der Waals surface area contributed by atoms with E-state index >= 15 is 0 Å². The van der Waals surface area contributed by atoms with Crippen LogP contribution >= 0.6 is 0 Å². The second-order valence-electron chi connectivity index (χ2n) is 4.78. The molecule has 2 aromatic carbocycles. The minimum absolute atomic E-state index is 0.433. The zero-order valence-electron chi connectivity index (χ0n) is 11.6. The van der Waals surface area contributed by atoms with Crippen LogP contribution in [0.15, 0.2) is 48.5 Å². The summed E-state index contributed by atoms with van der Waals surface area (Å²) in [4.78, 5) is 1.51. The van der Waals surface area contributed by atoms with Gasteiger partial charge in [-0.05, 0) is 23.8 Å². The molecule has 0 fully saturated rings. The van der Waals surface area contributed by atoms with Gasteiger partial charge in [0.15, 0.2) is 0 Å². The Labute approximate surface area is 122 Å². The van der Waals surface area contributed by atoms with Crippen molar-refractivity contribution < 1.29 is 0 Å². The molecule has 5 nitrogen and oxygen atoms in total. The third-order valence-corrected chi connectivity index (χ3v) is 3.21. The molecule has 0 aliphatic rings. The van der Waals surface area contributed by atoms with E-state index in [4.69, 9.17) is 5.26 Å². The van der Waals surface area contributed by atoms with Gasteiger partial charge in [0.2, 0.25) is 5.82 Å². The molecular weight excluding hydrogens is 262 g/mol. The van der Waals surface area contributed by atoms with Crippen molar-refractivity contribution in [1.82, 2.24) is 20.2 Å². The summed E-state index contributed by atoms with van der Waals surface area (Å²) < 4.78 is 0.